The summed E-state index contributed by atoms with van der Waals surface area (Å²) < 4.78 is 16.8. The number of rotatable bonds is 6. The molecule has 37 heavy (non-hydrogen) atoms. The highest BCUT2D eigenvalue weighted by atomic mass is 35.5. The fourth-order valence-electron chi connectivity index (χ4n) is 5.20. The van der Waals surface area contributed by atoms with E-state index in [1.165, 1.54) is 5.56 Å². The standard InChI is InChI=1S/C29H26Cl2N2O4/c30-20-7-10-25-23(16-20)22-11-12-33(26(34)15-19-3-1-2-4-24(19)31)29(28(22)32-25)18-5-8-21(9-6-18)37-17-27-35-13-14-36-27/h1-10,16,27,29,32H,11-15,17H2. The summed E-state index contributed by atoms with van der Waals surface area (Å²) in [5.74, 6) is 0.743. The van der Waals surface area contributed by atoms with Crippen molar-refractivity contribution in [3.8, 4) is 5.75 Å². The molecule has 0 spiro atoms. The van der Waals surface area contributed by atoms with Crippen molar-refractivity contribution in [3.63, 3.8) is 0 Å². The molecule has 1 atom stereocenters. The van der Waals surface area contributed by atoms with Crippen LogP contribution in [0, 0.1) is 0 Å². The summed E-state index contributed by atoms with van der Waals surface area (Å²) in [5.41, 5.74) is 5.03. The van der Waals surface area contributed by atoms with Crippen LogP contribution >= 0.6 is 23.2 Å². The topological polar surface area (TPSA) is 63.8 Å². The second-order valence-corrected chi connectivity index (χ2v) is 10.1. The molecule has 6 rings (SSSR count). The van der Waals surface area contributed by atoms with Gasteiger partial charge in [-0.15, -0.1) is 0 Å². The number of hydrogen-bond acceptors (Lipinski definition) is 4. The highest BCUT2D eigenvalue weighted by Gasteiger charge is 2.34. The van der Waals surface area contributed by atoms with Crippen molar-refractivity contribution in [3.05, 3.63) is 99.2 Å². The highest BCUT2D eigenvalue weighted by molar-refractivity contribution is 6.31. The summed E-state index contributed by atoms with van der Waals surface area (Å²) in [6.07, 6.45) is 0.639. The van der Waals surface area contributed by atoms with E-state index in [2.05, 4.69) is 4.98 Å². The van der Waals surface area contributed by atoms with Gasteiger partial charge in [0.2, 0.25) is 5.91 Å². The molecular weight excluding hydrogens is 511 g/mol. The minimum absolute atomic E-state index is 0.0243. The second kappa shape index (κ2) is 10.4. The molecule has 0 bridgehead atoms. The molecule has 0 radical (unpaired) electrons. The molecule has 1 saturated heterocycles. The van der Waals surface area contributed by atoms with Crippen LogP contribution in [-0.2, 0) is 27.1 Å². The third-order valence-electron chi connectivity index (χ3n) is 6.98. The molecule has 3 heterocycles. The van der Waals surface area contributed by atoms with Gasteiger partial charge in [-0.1, -0.05) is 53.5 Å². The number of carbonyl (C=O) groups excluding carboxylic acids is 1. The van der Waals surface area contributed by atoms with E-state index in [4.69, 9.17) is 37.4 Å². The van der Waals surface area contributed by atoms with E-state index in [9.17, 15) is 4.79 Å². The Balaban J connectivity index is 1.33. The fourth-order valence-corrected chi connectivity index (χ4v) is 5.57. The second-order valence-electron chi connectivity index (χ2n) is 9.27. The van der Waals surface area contributed by atoms with Gasteiger partial charge in [0.1, 0.15) is 12.4 Å². The van der Waals surface area contributed by atoms with E-state index in [1.807, 2.05) is 71.6 Å². The van der Waals surface area contributed by atoms with E-state index < -0.39 is 0 Å². The number of nitrogens with one attached hydrogen (secondary N) is 1. The largest absolute Gasteiger partial charge is 0.488 e. The van der Waals surface area contributed by atoms with Gasteiger partial charge in [0.25, 0.3) is 0 Å². The maximum absolute atomic E-state index is 13.7. The number of amides is 1. The van der Waals surface area contributed by atoms with Crippen LogP contribution in [0.3, 0.4) is 0 Å². The molecule has 1 fully saturated rings. The number of ether oxygens (including phenoxy) is 3. The van der Waals surface area contributed by atoms with E-state index >= 15 is 0 Å². The highest BCUT2D eigenvalue weighted by Crippen LogP contribution is 2.40. The number of aromatic nitrogens is 1. The van der Waals surface area contributed by atoms with Gasteiger partial charge in [-0.05, 0) is 59.5 Å². The predicted octanol–water partition coefficient (Wildman–Crippen LogP) is 5.94. The van der Waals surface area contributed by atoms with Gasteiger partial charge in [-0.3, -0.25) is 4.79 Å². The van der Waals surface area contributed by atoms with Gasteiger partial charge in [-0.25, -0.2) is 0 Å². The number of carbonyl (C=O) groups is 1. The van der Waals surface area contributed by atoms with E-state index in [0.29, 0.717) is 36.4 Å². The predicted molar refractivity (Wildman–Crippen MR) is 143 cm³/mol. The molecule has 3 aromatic carbocycles. The fraction of sp³-hybridized carbons (Fsp3) is 0.276. The Morgan fingerprint density at radius 3 is 2.59 bits per heavy atom. The Morgan fingerprint density at radius 1 is 1.03 bits per heavy atom. The summed E-state index contributed by atoms with van der Waals surface area (Å²) in [4.78, 5) is 19.2. The number of halogens is 2. The number of nitrogens with zero attached hydrogens (tertiary/aromatic N) is 1. The lowest BCUT2D eigenvalue weighted by Gasteiger charge is -2.36. The zero-order valence-electron chi connectivity index (χ0n) is 20.1. The van der Waals surface area contributed by atoms with E-state index in [1.54, 1.807) is 0 Å². The molecule has 1 aromatic heterocycles. The van der Waals surface area contributed by atoms with Crippen molar-refractivity contribution in [1.82, 2.24) is 9.88 Å². The molecule has 4 aromatic rings. The number of benzene rings is 3. The molecule has 1 unspecified atom stereocenters. The molecule has 8 heteroatoms. The molecular formula is C29H26Cl2N2O4. The number of hydrogen-bond donors (Lipinski definition) is 1. The summed E-state index contributed by atoms with van der Waals surface area (Å²) in [6, 6.07) is 21.0. The zero-order valence-corrected chi connectivity index (χ0v) is 21.6. The van der Waals surface area contributed by atoms with Gasteiger partial charge in [0.05, 0.1) is 25.7 Å². The van der Waals surface area contributed by atoms with Crippen molar-refractivity contribution in [1.29, 1.82) is 0 Å². The number of H-pyrrole nitrogens is 1. The van der Waals surface area contributed by atoms with Crippen molar-refractivity contribution in [2.45, 2.75) is 25.2 Å². The van der Waals surface area contributed by atoms with Gasteiger partial charge in [0.15, 0.2) is 6.29 Å². The molecule has 2 aliphatic rings. The number of fused-ring (bicyclic) bond motifs is 3. The van der Waals surface area contributed by atoms with Crippen molar-refractivity contribution >= 4 is 40.0 Å². The van der Waals surface area contributed by atoms with Crippen LogP contribution in [0.5, 0.6) is 5.75 Å². The van der Waals surface area contributed by atoms with Crippen LogP contribution < -0.4 is 4.74 Å². The Kier molecular flexibility index (Phi) is 6.82. The third-order valence-corrected chi connectivity index (χ3v) is 7.59. The lowest BCUT2D eigenvalue weighted by atomic mass is 9.91. The van der Waals surface area contributed by atoms with Crippen LogP contribution in [-0.4, -0.2) is 48.4 Å². The van der Waals surface area contributed by atoms with Gasteiger partial charge in [-0.2, -0.15) is 0 Å². The van der Waals surface area contributed by atoms with Gasteiger partial charge in [0, 0.05) is 33.2 Å². The summed E-state index contributed by atoms with van der Waals surface area (Å²) in [7, 11) is 0. The molecule has 190 valence electrons. The molecule has 6 nitrogen and oxygen atoms in total. The molecule has 1 amide bonds. The zero-order chi connectivity index (χ0) is 25.4. The Bertz CT molecular complexity index is 1430. The lowest BCUT2D eigenvalue weighted by Crippen LogP contribution is -2.41. The van der Waals surface area contributed by atoms with Crippen LogP contribution in [0.1, 0.15) is 28.4 Å². The molecule has 0 aliphatic carbocycles. The lowest BCUT2D eigenvalue weighted by molar-refractivity contribution is -0.132. The Morgan fingerprint density at radius 2 is 1.81 bits per heavy atom. The monoisotopic (exact) mass is 536 g/mol. The summed E-state index contributed by atoms with van der Waals surface area (Å²) >= 11 is 12.7. The Labute approximate surface area is 225 Å². The normalized spacial score (nSPS) is 17.8. The van der Waals surface area contributed by atoms with E-state index in [-0.39, 0.29) is 24.7 Å². The quantitative estimate of drug-likeness (QED) is 0.331. The first-order valence-electron chi connectivity index (χ1n) is 12.4. The average Bonchev–Trinajstić information content (AvgIpc) is 3.56. The first-order valence-corrected chi connectivity index (χ1v) is 13.1. The maximum Gasteiger partial charge on any atom is 0.227 e. The van der Waals surface area contributed by atoms with Crippen LogP contribution in [0.4, 0.5) is 0 Å². The first kappa shape index (κ1) is 24.3. The van der Waals surface area contributed by atoms with Crippen LogP contribution in [0.25, 0.3) is 10.9 Å². The maximum atomic E-state index is 13.7. The smallest absolute Gasteiger partial charge is 0.227 e. The SMILES string of the molecule is O=C(Cc1ccccc1Cl)N1CCc2c([nH]c3ccc(Cl)cc23)C1c1ccc(OCC2OCCO2)cc1. The minimum Gasteiger partial charge on any atom is -0.488 e. The number of aromatic amines is 1. The van der Waals surface area contributed by atoms with Crippen molar-refractivity contribution in [2.75, 3.05) is 26.4 Å². The molecule has 1 N–H and O–H groups in total. The van der Waals surface area contributed by atoms with Crippen LogP contribution in [0.15, 0.2) is 66.7 Å². The minimum atomic E-state index is -0.336. The average molecular weight is 537 g/mol. The summed E-state index contributed by atoms with van der Waals surface area (Å²) in [5, 5.41) is 2.39. The Hall–Kier alpha value is -3.03. The molecule has 2 aliphatic heterocycles. The van der Waals surface area contributed by atoms with Crippen molar-refractivity contribution < 1.29 is 19.0 Å². The third kappa shape index (κ3) is 4.94. The first-order chi connectivity index (χ1) is 18.1. The van der Waals surface area contributed by atoms with E-state index in [0.717, 1.165) is 39.9 Å². The van der Waals surface area contributed by atoms with Gasteiger partial charge < -0.3 is 24.1 Å². The molecule has 0 saturated carbocycles. The van der Waals surface area contributed by atoms with Crippen LogP contribution in [0.2, 0.25) is 10.0 Å². The van der Waals surface area contributed by atoms with Crippen molar-refractivity contribution in [2.24, 2.45) is 0 Å². The summed E-state index contributed by atoms with van der Waals surface area (Å²) in [6.45, 7) is 2.10. The van der Waals surface area contributed by atoms with Gasteiger partial charge >= 0.3 is 0 Å².